The second-order valence-corrected chi connectivity index (χ2v) is 5.89. The molecule has 0 spiro atoms. The maximum atomic E-state index is 9.07. The second kappa shape index (κ2) is 11.1. The molecule has 0 aromatic rings. The van der Waals surface area contributed by atoms with Crippen LogP contribution in [-0.2, 0) is 8.85 Å². The predicted molar refractivity (Wildman–Crippen MR) is 68.5 cm³/mol. The van der Waals surface area contributed by atoms with Gasteiger partial charge < -0.3 is 8.85 Å². The number of nitriles is 1. The lowest BCUT2D eigenvalue weighted by Crippen LogP contribution is -2.25. The quantitative estimate of drug-likeness (QED) is 0.437. The predicted octanol–water partition coefficient (Wildman–Crippen LogP) is 3.00. The standard InChI is InChI=1S/C12H25NO2Si/c1-4-7-8-9-12(10-13)11-16(14-5-2)15-6-3/h12,16H,4-9,11H2,1-3H3. The van der Waals surface area contributed by atoms with Crippen molar-refractivity contribution < 1.29 is 8.85 Å². The SMILES string of the molecule is CCCCCC(C#N)C[SiH](OCC)OCC. The van der Waals surface area contributed by atoms with E-state index in [0.29, 0.717) is 13.2 Å². The Morgan fingerprint density at radius 1 is 1.12 bits per heavy atom. The summed E-state index contributed by atoms with van der Waals surface area (Å²) in [6.07, 6.45) is 4.56. The van der Waals surface area contributed by atoms with E-state index in [2.05, 4.69) is 13.0 Å². The van der Waals surface area contributed by atoms with E-state index in [1.54, 1.807) is 0 Å². The normalized spacial score (nSPS) is 12.7. The molecule has 4 heteroatoms. The molecule has 0 aromatic heterocycles. The molecule has 16 heavy (non-hydrogen) atoms. The van der Waals surface area contributed by atoms with Crippen LogP contribution in [0.4, 0.5) is 0 Å². The Morgan fingerprint density at radius 3 is 2.19 bits per heavy atom. The lowest BCUT2D eigenvalue weighted by atomic mass is 10.1. The fraction of sp³-hybridized carbons (Fsp3) is 0.917. The molecular weight excluding hydrogens is 218 g/mol. The first-order chi connectivity index (χ1) is 7.78. The molecule has 0 aliphatic carbocycles. The summed E-state index contributed by atoms with van der Waals surface area (Å²) in [6.45, 7) is 7.54. The van der Waals surface area contributed by atoms with Gasteiger partial charge in [0.2, 0.25) is 0 Å². The molecule has 0 aliphatic heterocycles. The highest BCUT2D eigenvalue weighted by molar-refractivity contribution is 6.44. The number of unbranched alkanes of at least 4 members (excludes halogenated alkanes) is 2. The highest BCUT2D eigenvalue weighted by Gasteiger charge is 2.19. The van der Waals surface area contributed by atoms with Crippen molar-refractivity contribution in [3.63, 3.8) is 0 Å². The summed E-state index contributed by atoms with van der Waals surface area (Å²) in [6, 6.07) is 3.22. The molecule has 1 unspecified atom stereocenters. The molecule has 3 nitrogen and oxygen atoms in total. The van der Waals surface area contributed by atoms with Gasteiger partial charge in [-0.05, 0) is 20.3 Å². The first-order valence-corrected chi connectivity index (χ1v) is 8.17. The zero-order valence-corrected chi connectivity index (χ0v) is 12.0. The Kier molecular flexibility index (Phi) is 10.9. The van der Waals surface area contributed by atoms with Crippen molar-refractivity contribution in [2.75, 3.05) is 13.2 Å². The van der Waals surface area contributed by atoms with E-state index >= 15 is 0 Å². The molecule has 0 radical (unpaired) electrons. The van der Waals surface area contributed by atoms with E-state index in [-0.39, 0.29) is 5.92 Å². The van der Waals surface area contributed by atoms with Crippen molar-refractivity contribution in [1.29, 1.82) is 5.26 Å². The van der Waals surface area contributed by atoms with E-state index in [1.807, 2.05) is 13.8 Å². The van der Waals surface area contributed by atoms with Gasteiger partial charge in [0.05, 0.1) is 6.07 Å². The third-order valence-electron chi connectivity index (χ3n) is 2.52. The van der Waals surface area contributed by atoms with Gasteiger partial charge in [0, 0.05) is 25.2 Å². The van der Waals surface area contributed by atoms with E-state index in [4.69, 9.17) is 14.1 Å². The van der Waals surface area contributed by atoms with E-state index in [1.165, 1.54) is 12.8 Å². The highest BCUT2D eigenvalue weighted by atomic mass is 28.3. The average molecular weight is 243 g/mol. The van der Waals surface area contributed by atoms with Crippen molar-refractivity contribution in [3.05, 3.63) is 0 Å². The van der Waals surface area contributed by atoms with E-state index in [0.717, 1.165) is 18.9 Å². The Morgan fingerprint density at radius 2 is 1.75 bits per heavy atom. The maximum absolute atomic E-state index is 9.07. The molecule has 0 bridgehead atoms. The molecule has 0 aromatic carbocycles. The first-order valence-electron chi connectivity index (χ1n) is 6.41. The molecule has 0 heterocycles. The topological polar surface area (TPSA) is 42.2 Å². The van der Waals surface area contributed by atoms with E-state index < -0.39 is 9.28 Å². The molecule has 0 saturated heterocycles. The maximum Gasteiger partial charge on any atom is 0.322 e. The third kappa shape index (κ3) is 7.86. The number of hydrogen-bond acceptors (Lipinski definition) is 3. The molecule has 0 aliphatic rings. The number of hydrogen-bond donors (Lipinski definition) is 0. The van der Waals surface area contributed by atoms with Crippen molar-refractivity contribution in [3.8, 4) is 6.07 Å². The number of nitrogens with zero attached hydrogens (tertiary/aromatic N) is 1. The lowest BCUT2D eigenvalue weighted by Gasteiger charge is -2.17. The minimum atomic E-state index is -1.58. The van der Waals surface area contributed by atoms with Crippen LogP contribution in [0.5, 0.6) is 0 Å². The lowest BCUT2D eigenvalue weighted by molar-refractivity contribution is 0.210. The largest absolute Gasteiger partial charge is 0.397 e. The van der Waals surface area contributed by atoms with Crippen molar-refractivity contribution >= 4 is 9.28 Å². The number of rotatable bonds is 10. The molecule has 94 valence electrons. The minimum Gasteiger partial charge on any atom is -0.397 e. The second-order valence-electron chi connectivity index (χ2n) is 3.90. The van der Waals surface area contributed by atoms with Gasteiger partial charge >= 0.3 is 9.28 Å². The zero-order chi connectivity index (χ0) is 12.2. The van der Waals surface area contributed by atoms with Crippen LogP contribution in [0.25, 0.3) is 0 Å². The molecule has 0 N–H and O–H groups in total. The van der Waals surface area contributed by atoms with Crippen LogP contribution in [0.1, 0.15) is 46.5 Å². The monoisotopic (exact) mass is 243 g/mol. The summed E-state index contributed by atoms with van der Waals surface area (Å²) in [5.74, 6) is 0.126. The summed E-state index contributed by atoms with van der Waals surface area (Å²) in [4.78, 5) is 0. The van der Waals surface area contributed by atoms with Crippen LogP contribution < -0.4 is 0 Å². The minimum absolute atomic E-state index is 0.126. The summed E-state index contributed by atoms with van der Waals surface area (Å²) < 4.78 is 11.2. The fourth-order valence-corrected chi connectivity index (χ4v) is 3.58. The van der Waals surface area contributed by atoms with Gasteiger partial charge in [-0.15, -0.1) is 0 Å². The summed E-state index contributed by atoms with van der Waals surface area (Å²) in [7, 11) is -1.58. The van der Waals surface area contributed by atoms with Crippen LogP contribution in [0, 0.1) is 17.2 Å². The van der Waals surface area contributed by atoms with Gasteiger partial charge in [-0.1, -0.05) is 26.2 Å². The van der Waals surface area contributed by atoms with Crippen LogP contribution in [0.2, 0.25) is 6.04 Å². The van der Waals surface area contributed by atoms with Crippen molar-refractivity contribution in [2.45, 2.75) is 52.5 Å². The van der Waals surface area contributed by atoms with Crippen LogP contribution in [-0.4, -0.2) is 22.5 Å². The summed E-state index contributed by atoms with van der Waals surface area (Å²) >= 11 is 0. The Balaban J connectivity index is 3.90. The molecule has 0 rings (SSSR count). The van der Waals surface area contributed by atoms with Gasteiger partial charge in [-0.25, -0.2) is 0 Å². The third-order valence-corrected chi connectivity index (χ3v) is 4.88. The van der Waals surface area contributed by atoms with E-state index in [9.17, 15) is 0 Å². The average Bonchev–Trinajstić information content (AvgIpc) is 2.28. The summed E-state index contributed by atoms with van der Waals surface area (Å²) in [5.41, 5.74) is 0. The van der Waals surface area contributed by atoms with Crippen LogP contribution >= 0.6 is 0 Å². The molecule has 0 saturated carbocycles. The van der Waals surface area contributed by atoms with Crippen LogP contribution in [0.15, 0.2) is 0 Å². The van der Waals surface area contributed by atoms with Gasteiger partial charge in [-0.2, -0.15) is 5.26 Å². The van der Waals surface area contributed by atoms with Crippen molar-refractivity contribution in [2.24, 2.45) is 5.92 Å². The first kappa shape index (κ1) is 15.6. The van der Waals surface area contributed by atoms with Gasteiger partial charge in [0.25, 0.3) is 0 Å². The highest BCUT2D eigenvalue weighted by Crippen LogP contribution is 2.16. The Labute approximate surface area is 102 Å². The zero-order valence-electron chi connectivity index (χ0n) is 10.9. The Bertz CT molecular complexity index is 188. The van der Waals surface area contributed by atoms with Gasteiger partial charge in [-0.3, -0.25) is 0 Å². The van der Waals surface area contributed by atoms with Crippen molar-refractivity contribution in [1.82, 2.24) is 0 Å². The summed E-state index contributed by atoms with van der Waals surface area (Å²) in [5, 5.41) is 9.07. The van der Waals surface area contributed by atoms with Gasteiger partial charge in [0.15, 0.2) is 0 Å². The van der Waals surface area contributed by atoms with Crippen LogP contribution in [0.3, 0.4) is 0 Å². The smallest absolute Gasteiger partial charge is 0.322 e. The molecule has 0 fully saturated rings. The molecule has 0 amide bonds. The Hall–Kier alpha value is -0.373. The molecule has 1 atom stereocenters. The fourth-order valence-electron chi connectivity index (χ4n) is 1.66. The van der Waals surface area contributed by atoms with Gasteiger partial charge in [0.1, 0.15) is 0 Å². The molecular formula is C12H25NO2Si.